The summed E-state index contributed by atoms with van der Waals surface area (Å²) < 4.78 is 1.96. The van der Waals surface area contributed by atoms with Gasteiger partial charge in [-0.05, 0) is 31.0 Å². The van der Waals surface area contributed by atoms with E-state index in [1.807, 2.05) is 6.92 Å². The number of aromatic nitrogens is 1. The Morgan fingerprint density at radius 3 is 2.94 bits per heavy atom. The first kappa shape index (κ1) is 11.4. The highest BCUT2D eigenvalue weighted by Gasteiger charge is 2.08. The van der Waals surface area contributed by atoms with Gasteiger partial charge in [0.25, 0.3) is 0 Å². The van der Waals surface area contributed by atoms with Crippen LogP contribution < -0.4 is 0 Å². The van der Waals surface area contributed by atoms with E-state index in [1.54, 1.807) is 11.3 Å². The minimum absolute atomic E-state index is 0.0673. The summed E-state index contributed by atoms with van der Waals surface area (Å²) in [5.74, 6) is -0.741. The Kier molecular flexibility index (Phi) is 3.16. The molecule has 2 aromatic rings. The van der Waals surface area contributed by atoms with Gasteiger partial charge in [0, 0.05) is 0 Å². The molecular weight excluding hydrogens is 242 g/mol. The number of hydrogen-bond donors (Lipinski definition) is 1. The molecule has 0 radical (unpaired) electrons. The topological polar surface area (TPSA) is 50.2 Å². The van der Waals surface area contributed by atoms with E-state index in [4.69, 9.17) is 5.11 Å². The predicted octanol–water partition coefficient (Wildman–Crippen LogP) is 3.09. The van der Waals surface area contributed by atoms with Gasteiger partial charge in [-0.1, -0.05) is 17.8 Å². The van der Waals surface area contributed by atoms with E-state index >= 15 is 0 Å². The smallest absolute Gasteiger partial charge is 0.313 e. The Morgan fingerprint density at radius 1 is 1.50 bits per heavy atom. The van der Waals surface area contributed by atoms with Crippen molar-refractivity contribution in [2.24, 2.45) is 0 Å². The van der Waals surface area contributed by atoms with Gasteiger partial charge in [-0.2, -0.15) is 0 Å². The molecule has 0 spiro atoms. The van der Waals surface area contributed by atoms with Crippen LogP contribution in [0.5, 0.6) is 0 Å². The second-order valence-corrected chi connectivity index (χ2v) is 5.84. The highest BCUT2D eigenvalue weighted by atomic mass is 32.2. The molecule has 0 atom stereocenters. The predicted molar refractivity (Wildman–Crippen MR) is 67.5 cm³/mol. The van der Waals surface area contributed by atoms with Crippen LogP contribution in [0.3, 0.4) is 0 Å². The summed E-state index contributed by atoms with van der Waals surface area (Å²) in [5, 5.41) is 8.60. The van der Waals surface area contributed by atoms with Crippen LogP contribution in [0, 0.1) is 13.8 Å². The molecule has 0 unspecified atom stereocenters. The maximum Gasteiger partial charge on any atom is 0.313 e. The molecule has 1 aromatic heterocycles. The number of benzene rings is 1. The highest BCUT2D eigenvalue weighted by Crippen LogP contribution is 2.31. The first-order valence-electron chi connectivity index (χ1n) is 4.78. The zero-order chi connectivity index (χ0) is 11.7. The Balaban J connectivity index is 2.36. The highest BCUT2D eigenvalue weighted by molar-refractivity contribution is 8.01. The Morgan fingerprint density at radius 2 is 2.25 bits per heavy atom. The molecule has 0 aliphatic rings. The lowest BCUT2D eigenvalue weighted by Crippen LogP contribution is -1.96. The average molecular weight is 253 g/mol. The number of hydrogen-bond acceptors (Lipinski definition) is 4. The molecule has 0 fully saturated rings. The fourth-order valence-electron chi connectivity index (χ4n) is 1.54. The number of aliphatic carboxylic acids is 1. The molecule has 5 heteroatoms. The summed E-state index contributed by atoms with van der Waals surface area (Å²) in [4.78, 5) is 14.9. The number of fused-ring (bicyclic) bond motifs is 1. The molecule has 0 saturated heterocycles. The van der Waals surface area contributed by atoms with Crippen molar-refractivity contribution >= 4 is 39.3 Å². The normalized spacial score (nSPS) is 10.9. The van der Waals surface area contributed by atoms with Gasteiger partial charge in [-0.25, -0.2) is 4.98 Å². The lowest BCUT2D eigenvalue weighted by molar-refractivity contribution is -0.133. The van der Waals surface area contributed by atoms with Gasteiger partial charge in [0.05, 0.1) is 16.0 Å². The fourth-order valence-corrected chi connectivity index (χ4v) is 3.49. The monoisotopic (exact) mass is 253 g/mol. The van der Waals surface area contributed by atoms with Gasteiger partial charge in [0.1, 0.15) is 0 Å². The molecule has 16 heavy (non-hydrogen) atoms. The fraction of sp³-hybridized carbons (Fsp3) is 0.273. The molecule has 2 rings (SSSR count). The summed E-state index contributed by atoms with van der Waals surface area (Å²) in [6.07, 6.45) is 0. The summed E-state index contributed by atoms with van der Waals surface area (Å²) in [5.41, 5.74) is 3.35. The maximum atomic E-state index is 10.5. The van der Waals surface area contributed by atoms with Crippen LogP contribution in [0.4, 0.5) is 0 Å². The zero-order valence-electron chi connectivity index (χ0n) is 8.98. The van der Waals surface area contributed by atoms with Gasteiger partial charge in [-0.3, -0.25) is 4.79 Å². The van der Waals surface area contributed by atoms with E-state index in [1.165, 1.54) is 17.3 Å². The summed E-state index contributed by atoms with van der Waals surface area (Å²) in [6.45, 7) is 4.08. The van der Waals surface area contributed by atoms with Crippen LogP contribution in [0.1, 0.15) is 11.1 Å². The van der Waals surface area contributed by atoms with Gasteiger partial charge in [0.2, 0.25) is 0 Å². The van der Waals surface area contributed by atoms with Crippen LogP contribution in [-0.2, 0) is 4.79 Å². The molecule has 0 aliphatic heterocycles. The molecule has 1 aromatic carbocycles. The standard InChI is InChI=1S/C11H11NO2S2/c1-6-3-7(2)10-8(4-6)16-11(12-10)15-5-9(13)14/h3-4H,5H2,1-2H3,(H,13,14). The third kappa shape index (κ3) is 2.36. The number of thioether (sulfide) groups is 1. The van der Waals surface area contributed by atoms with Crippen molar-refractivity contribution in [1.29, 1.82) is 0 Å². The van der Waals surface area contributed by atoms with Crippen LogP contribution in [-0.4, -0.2) is 21.8 Å². The van der Waals surface area contributed by atoms with E-state index in [2.05, 4.69) is 24.0 Å². The van der Waals surface area contributed by atoms with E-state index < -0.39 is 5.97 Å². The van der Waals surface area contributed by atoms with Crippen molar-refractivity contribution in [2.75, 3.05) is 5.75 Å². The van der Waals surface area contributed by atoms with Crippen molar-refractivity contribution < 1.29 is 9.90 Å². The first-order chi connectivity index (χ1) is 7.56. The largest absolute Gasteiger partial charge is 0.481 e. The number of aryl methyl sites for hydroxylation is 2. The van der Waals surface area contributed by atoms with Crippen LogP contribution in [0.15, 0.2) is 16.5 Å². The lowest BCUT2D eigenvalue weighted by atomic mass is 10.1. The van der Waals surface area contributed by atoms with Crippen molar-refractivity contribution in [2.45, 2.75) is 18.2 Å². The Hall–Kier alpha value is -1.07. The molecule has 0 bridgehead atoms. The molecule has 0 saturated carbocycles. The molecule has 1 heterocycles. The molecule has 3 nitrogen and oxygen atoms in total. The Labute approximate surface area is 102 Å². The van der Waals surface area contributed by atoms with E-state index in [9.17, 15) is 4.79 Å². The number of thiazole rings is 1. The lowest BCUT2D eigenvalue weighted by Gasteiger charge is -1.95. The van der Waals surface area contributed by atoms with Crippen LogP contribution in [0.25, 0.3) is 10.2 Å². The van der Waals surface area contributed by atoms with Crippen molar-refractivity contribution in [3.63, 3.8) is 0 Å². The summed E-state index contributed by atoms with van der Waals surface area (Å²) >= 11 is 2.83. The van der Waals surface area contributed by atoms with Gasteiger partial charge in [-0.15, -0.1) is 11.3 Å². The molecular formula is C11H11NO2S2. The summed E-state index contributed by atoms with van der Waals surface area (Å²) in [7, 11) is 0. The van der Waals surface area contributed by atoms with Gasteiger partial charge >= 0.3 is 5.97 Å². The third-order valence-corrected chi connectivity index (χ3v) is 4.26. The zero-order valence-corrected chi connectivity index (χ0v) is 10.6. The SMILES string of the molecule is Cc1cc(C)c2nc(SCC(=O)O)sc2c1. The molecule has 0 aliphatic carbocycles. The number of carboxylic acids is 1. The minimum atomic E-state index is -0.808. The molecule has 84 valence electrons. The van der Waals surface area contributed by atoms with E-state index in [0.29, 0.717) is 0 Å². The van der Waals surface area contributed by atoms with Gasteiger partial charge in [0.15, 0.2) is 4.34 Å². The number of carbonyl (C=O) groups is 1. The quantitative estimate of drug-likeness (QED) is 0.854. The second-order valence-electron chi connectivity index (χ2n) is 3.59. The van der Waals surface area contributed by atoms with Gasteiger partial charge < -0.3 is 5.11 Å². The molecule has 1 N–H and O–H groups in total. The minimum Gasteiger partial charge on any atom is -0.481 e. The first-order valence-corrected chi connectivity index (χ1v) is 6.59. The van der Waals surface area contributed by atoms with Crippen molar-refractivity contribution in [3.05, 3.63) is 23.3 Å². The Bertz CT molecular complexity index is 548. The van der Waals surface area contributed by atoms with Crippen LogP contribution >= 0.6 is 23.1 Å². The number of rotatable bonds is 3. The molecule has 0 amide bonds. The maximum absolute atomic E-state index is 10.5. The third-order valence-electron chi connectivity index (χ3n) is 2.13. The van der Waals surface area contributed by atoms with E-state index in [-0.39, 0.29) is 5.75 Å². The second kappa shape index (κ2) is 4.43. The average Bonchev–Trinajstić information content (AvgIpc) is 2.57. The summed E-state index contributed by atoms with van der Waals surface area (Å²) in [6, 6.07) is 4.18. The van der Waals surface area contributed by atoms with Crippen molar-refractivity contribution in [3.8, 4) is 0 Å². The van der Waals surface area contributed by atoms with Crippen molar-refractivity contribution in [1.82, 2.24) is 4.98 Å². The van der Waals surface area contributed by atoms with Crippen LogP contribution in [0.2, 0.25) is 0 Å². The number of carboxylic acid groups (broad SMARTS) is 1. The number of nitrogens with zero attached hydrogens (tertiary/aromatic N) is 1. The van der Waals surface area contributed by atoms with E-state index in [0.717, 1.165) is 20.1 Å².